The summed E-state index contributed by atoms with van der Waals surface area (Å²) in [5.41, 5.74) is 5.72. The molecule has 1 unspecified atom stereocenters. The van der Waals surface area contributed by atoms with Crippen LogP contribution in [0, 0.1) is 12.7 Å². The molecule has 2 N–H and O–H groups in total. The maximum absolute atomic E-state index is 13.3. The Morgan fingerprint density at radius 3 is 3.00 bits per heavy atom. The molecule has 1 aliphatic rings. The first-order valence-corrected chi connectivity index (χ1v) is 8.72. The number of hydrogen-bond acceptors (Lipinski definition) is 1. The second-order valence-corrected chi connectivity index (χ2v) is 6.95. The first-order valence-electron chi connectivity index (χ1n) is 8.72. The topological polar surface area (TPSA) is 44.9 Å². The van der Waals surface area contributed by atoms with Crippen LogP contribution in [0.1, 0.15) is 28.8 Å². The molecule has 3 nitrogen and oxygen atoms in total. The van der Waals surface area contributed by atoms with Gasteiger partial charge < -0.3 is 10.3 Å². The van der Waals surface area contributed by atoms with E-state index in [4.69, 9.17) is 0 Å². The van der Waals surface area contributed by atoms with E-state index < -0.39 is 0 Å². The van der Waals surface area contributed by atoms with Gasteiger partial charge in [0.2, 0.25) is 5.91 Å². The van der Waals surface area contributed by atoms with Gasteiger partial charge in [-0.1, -0.05) is 23.8 Å². The standard InChI is InChI=1S/C21H21FN2O/c1-13-5-7-19-17(9-13)18-12-16(6-8-20(18)24-19)23-21(25)11-14-3-2-4-15(22)10-14/h2-5,7,9-10,16,24H,6,8,11-12H2,1H3,(H,23,25). The molecule has 2 aromatic carbocycles. The second-order valence-electron chi connectivity index (χ2n) is 6.95. The van der Waals surface area contributed by atoms with E-state index >= 15 is 0 Å². The van der Waals surface area contributed by atoms with Crippen LogP contribution in [-0.2, 0) is 24.1 Å². The average Bonchev–Trinajstić information content (AvgIpc) is 2.92. The van der Waals surface area contributed by atoms with Crippen LogP contribution in [0.2, 0.25) is 0 Å². The number of nitrogens with one attached hydrogen (secondary N) is 2. The summed E-state index contributed by atoms with van der Waals surface area (Å²) in [5, 5.41) is 4.38. The zero-order chi connectivity index (χ0) is 17.4. The smallest absolute Gasteiger partial charge is 0.224 e. The van der Waals surface area contributed by atoms with Gasteiger partial charge in [-0.3, -0.25) is 4.79 Å². The van der Waals surface area contributed by atoms with Crippen LogP contribution in [0.25, 0.3) is 10.9 Å². The fourth-order valence-corrected chi connectivity index (χ4v) is 3.77. The van der Waals surface area contributed by atoms with Gasteiger partial charge in [-0.2, -0.15) is 0 Å². The van der Waals surface area contributed by atoms with Gasteiger partial charge in [0.05, 0.1) is 6.42 Å². The van der Waals surface area contributed by atoms with Gasteiger partial charge in [-0.15, -0.1) is 0 Å². The maximum Gasteiger partial charge on any atom is 0.224 e. The van der Waals surface area contributed by atoms with Crippen molar-refractivity contribution < 1.29 is 9.18 Å². The normalized spacial score (nSPS) is 16.6. The molecule has 1 heterocycles. The number of aromatic amines is 1. The summed E-state index contributed by atoms with van der Waals surface area (Å²) < 4.78 is 13.3. The molecule has 1 aromatic heterocycles. The van der Waals surface area contributed by atoms with E-state index in [0.717, 1.165) is 19.3 Å². The fraction of sp³-hybridized carbons (Fsp3) is 0.286. The lowest BCUT2D eigenvalue weighted by Crippen LogP contribution is -2.39. The van der Waals surface area contributed by atoms with E-state index in [0.29, 0.717) is 5.56 Å². The molecule has 128 valence electrons. The minimum atomic E-state index is -0.304. The molecule has 0 bridgehead atoms. The number of hydrogen-bond donors (Lipinski definition) is 2. The van der Waals surface area contributed by atoms with Crippen molar-refractivity contribution >= 4 is 16.8 Å². The Kier molecular flexibility index (Phi) is 4.04. The van der Waals surface area contributed by atoms with E-state index in [1.165, 1.54) is 39.9 Å². The highest BCUT2D eigenvalue weighted by Crippen LogP contribution is 2.29. The maximum atomic E-state index is 13.3. The summed E-state index contributed by atoms with van der Waals surface area (Å²) >= 11 is 0. The number of carbonyl (C=O) groups is 1. The highest BCUT2D eigenvalue weighted by Gasteiger charge is 2.23. The van der Waals surface area contributed by atoms with Gasteiger partial charge >= 0.3 is 0 Å². The third-order valence-electron chi connectivity index (χ3n) is 4.96. The lowest BCUT2D eigenvalue weighted by atomic mass is 9.91. The number of carbonyl (C=O) groups excluding carboxylic acids is 1. The molecular weight excluding hydrogens is 315 g/mol. The van der Waals surface area contributed by atoms with Crippen molar-refractivity contribution in [1.82, 2.24) is 10.3 Å². The minimum absolute atomic E-state index is 0.0462. The zero-order valence-corrected chi connectivity index (χ0v) is 14.2. The number of aromatic nitrogens is 1. The molecule has 0 spiro atoms. The summed E-state index contributed by atoms with van der Waals surface area (Å²) in [6, 6.07) is 12.8. The number of rotatable bonds is 3. The van der Waals surface area contributed by atoms with Crippen molar-refractivity contribution in [3.63, 3.8) is 0 Å². The van der Waals surface area contributed by atoms with Gasteiger partial charge in [-0.25, -0.2) is 4.39 Å². The molecule has 0 saturated carbocycles. The zero-order valence-electron chi connectivity index (χ0n) is 14.2. The Morgan fingerprint density at radius 1 is 1.28 bits per heavy atom. The van der Waals surface area contributed by atoms with Crippen molar-refractivity contribution in [1.29, 1.82) is 0 Å². The van der Waals surface area contributed by atoms with Crippen LogP contribution < -0.4 is 5.32 Å². The second kappa shape index (κ2) is 6.36. The number of H-pyrrole nitrogens is 1. The number of aryl methyl sites for hydroxylation is 2. The van der Waals surface area contributed by atoms with E-state index in [-0.39, 0.29) is 24.2 Å². The molecule has 0 fully saturated rings. The molecule has 3 aromatic rings. The van der Waals surface area contributed by atoms with Crippen LogP contribution in [0.4, 0.5) is 4.39 Å². The summed E-state index contributed by atoms with van der Waals surface area (Å²) in [4.78, 5) is 15.8. The summed E-state index contributed by atoms with van der Waals surface area (Å²) in [6.45, 7) is 2.10. The molecule has 0 saturated heterocycles. The monoisotopic (exact) mass is 336 g/mol. The van der Waals surface area contributed by atoms with Crippen LogP contribution in [0.3, 0.4) is 0 Å². The van der Waals surface area contributed by atoms with Crippen LogP contribution in [0.15, 0.2) is 42.5 Å². The molecule has 25 heavy (non-hydrogen) atoms. The average molecular weight is 336 g/mol. The Hall–Kier alpha value is -2.62. The summed E-state index contributed by atoms with van der Waals surface area (Å²) in [6.07, 6.45) is 2.92. The van der Waals surface area contributed by atoms with E-state index in [1.807, 2.05) is 0 Å². The quantitative estimate of drug-likeness (QED) is 0.750. The minimum Gasteiger partial charge on any atom is -0.358 e. The molecule has 1 atom stereocenters. The number of amides is 1. The Balaban J connectivity index is 1.48. The van der Waals surface area contributed by atoms with Crippen LogP contribution >= 0.6 is 0 Å². The van der Waals surface area contributed by atoms with Gasteiger partial charge in [0.1, 0.15) is 5.82 Å². The third kappa shape index (κ3) is 3.29. The molecular formula is C21H21FN2O. The first-order chi connectivity index (χ1) is 12.1. The summed E-state index contributed by atoms with van der Waals surface area (Å²) in [5.74, 6) is -0.350. The predicted octanol–water partition coefficient (Wildman–Crippen LogP) is 3.83. The largest absolute Gasteiger partial charge is 0.358 e. The van der Waals surface area contributed by atoms with Crippen molar-refractivity contribution in [2.45, 2.75) is 38.6 Å². The number of halogens is 1. The van der Waals surface area contributed by atoms with E-state index in [2.05, 4.69) is 35.4 Å². The van der Waals surface area contributed by atoms with Crippen molar-refractivity contribution in [2.75, 3.05) is 0 Å². The van der Waals surface area contributed by atoms with Gasteiger partial charge in [0.15, 0.2) is 0 Å². The molecule has 0 radical (unpaired) electrons. The lowest BCUT2D eigenvalue weighted by molar-refractivity contribution is -0.121. The number of benzene rings is 2. The third-order valence-corrected chi connectivity index (χ3v) is 4.96. The van der Waals surface area contributed by atoms with Gasteiger partial charge in [0.25, 0.3) is 0 Å². The van der Waals surface area contributed by atoms with Gasteiger partial charge in [0, 0.05) is 22.6 Å². The molecule has 4 heteroatoms. The van der Waals surface area contributed by atoms with Crippen LogP contribution in [0.5, 0.6) is 0 Å². The SMILES string of the molecule is Cc1ccc2[nH]c3c(c2c1)CC(NC(=O)Cc1cccc(F)c1)CC3. The molecule has 1 amide bonds. The number of fused-ring (bicyclic) bond motifs is 3. The molecule has 0 aliphatic heterocycles. The van der Waals surface area contributed by atoms with E-state index in [1.54, 1.807) is 12.1 Å². The highest BCUT2D eigenvalue weighted by molar-refractivity contribution is 5.86. The lowest BCUT2D eigenvalue weighted by Gasteiger charge is -2.23. The predicted molar refractivity (Wildman–Crippen MR) is 97.1 cm³/mol. The Labute approximate surface area is 146 Å². The van der Waals surface area contributed by atoms with Crippen molar-refractivity contribution in [3.05, 3.63) is 70.7 Å². The van der Waals surface area contributed by atoms with Crippen LogP contribution in [-0.4, -0.2) is 16.9 Å². The Morgan fingerprint density at radius 2 is 2.16 bits per heavy atom. The Bertz CT molecular complexity index is 944. The van der Waals surface area contributed by atoms with Gasteiger partial charge in [-0.05, 0) is 61.6 Å². The molecule has 4 rings (SSSR count). The highest BCUT2D eigenvalue weighted by atomic mass is 19.1. The molecule has 1 aliphatic carbocycles. The van der Waals surface area contributed by atoms with Crippen molar-refractivity contribution in [3.8, 4) is 0 Å². The summed E-state index contributed by atoms with van der Waals surface area (Å²) in [7, 11) is 0. The fourth-order valence-electron chi connectivity index (χ4n) is 3.77. The van der Waals surface area contributed by atoms with Crippen molar-refractivity contribution in [2.24, 2.45) is 0 Å². The van der Waals surface area contributed by atoms with E-state index in [9.17, 15) is 9.18 Å². The first kappa shape index (κ1) is 15.9.